The molecule has 1 spiro atoms. The fourth-order valence-corrected chi connectivity index (χ4v) is 6.77. The van der Waals surface area contributed by atoms with Crippen LogP contribution >= 0.6 is 35.0 Å². The van der Waals surface area contributed by atoms with Crippen molar-refractivity contribution in [1.29, 1.82) is 5.26 Å². The summed E-state index contributed by atoms with van der Waals surface area (Å²) in [6.45, 7) is 1.58. The van der Waals surface area contributed by atoms with Gasteiger partial charge in [-0.3, -0.25) is 9.38 Å². The van der Waals surface area contributed by atoms with E-state index >= 15 is 0 Å². The smallest absolute Gasteiger partial charge is 0.212 e. The van der Waals surface area contributed by atoms with Gasteiger partial charge in [0.2, 0.25) is 5.95 Å². The number of nitriles is 1. The van der Waals surface area contributed by atoms with Crippen LogP contribution in [0.15, 0.2) is 58.7 Å². The summed E-state index contributed by atoms with van der Waals surface area (Å²) in [5, 5.41) is 10.9. The molecule has 1 atom stereocenters. The number of hydrogen-bond acceptors (Lipinski definition) is 7. The van der Waals surface area contributed by atoms with Gasteiger partial charge in [0, 0.05) is 48.3 Å². The summed E-state index contributed by atoms with van der Waals surface area (Å²) in [7, 11) is 0. The molecule has 1 aliphatic carbocycles. The second-order valence-corrected chi connectivity index (χ2v) is 10.9. The zero-order valence-electron chi connectivity index (χ0n) is 18.7. The molecule has 3 aromatic heterocycles. The lowest BCUT2D eigenvalue weighted by Crippen LogP contribution is -2.45. The van der Waals surface area contributed by atoms with Gasteiger partial charge in [0.15, 0.2) is 11.3 Å². The zero-order valence-corrected chi connectivity index (χ0v) is 21.0. The van der Waals surface area contributed by atoms with Gasteiger partial charge in [0.1, 0.15) is 6.07 Å². The Morgan fingerprint density at radius 3 is 2.71 bits per heavy atom. The maximum atomic E-state index is 9.98. The number of hydrogen-bond donors (Lipinski definition) is 1. The minimum Gasteiger partial charge on any atom is -0.342 e. The van der Waals surface area contributed by atoms with Crippen LogP contribution in [-0.4, -0.2) is 32.4 Å². The number of nitrogens with two attached hydrogens (primary N) is 1. The van der Waals surface area contributed by atoms with Crippen LogP contribution in [-0.2, 0) is 6.42 Å². The molecule has 0 bridgehead atoms. The first kappa shape index (κ1) is 22.6. The van der Waals surface area contributed by atoms with Gasteiger partial charge >= 0.3 is 0 Å². The van der Waals surface area contributed by atoms with Crippen molar-refractivity contribution >= 4 is 46.6 Å². The zero-order chi connectivity index (χ0) is 24.2. The third kappa shape index (κ3) is 3.66. The summed E-state index contributed by atoms with van der Waals surface area (Å²) >= 11 is 14.0. The number of piperidine rings is 1. The monoisotopic (exact) mass is 521 g/mol. The van der Waals surface area contributed by atoms with E-state index in [9.17, 15) is 5.26 Å². The first-order valence-electron chi connectivity index (χ1n) is 11.3. The first-order chi connectivity index (χ1) is 17.0. The van der Waals surface area contributed by atoms with Crippen LogP contribution in [0, 0.1) is 16.7 Å². The molecule has 7 nitrogen and oxygen atoms in total. The Morgan fingerprint density at radius 1 is 1.11 bits per heavy atom. The molecule has 0 unspecified atom stereocenters. The van der Waals surface area contributed by atoms with E-state index in [0.717, 1.165) is 42.9 Å². The molecule has 0 saturated carbocycles. The number of pyridine rings is 1. The van der Waals surface area contributed by atoms with Crippen LogP contribution in [0.2, 0.25) is 10.0 Å². The Balaban J connectivity index is 1.32. The molecular weight excluding hydrogens is 501 g/mol. The molecule has 10 heteroatoms. The second kappa shape index (κ2) is 8.68. The van der Waals surface area contributed by atoms with Crippen LogP contribution in [0.1, 0.15) is 35.8 Å². The third-order valence-corrected chi connectivity index (χ3v) is 9.27. The average molecular weight is 522 g/mol. The summed E-state index contributed by atoms with van der Waals surface area (Å²) in [5.41, 5.74) is 10.0. The summed E-state index contributed by atoms with van der Waals surface area (Å²) in [6, 6.07) is 11.8. The van der Waals surface area contributed by atoms with Crippen molar-refractivity contribution in [3.63, 3.8) is 0 Å². The highest BCUT2D eigenvalue weighted by molar-refractivity contribution is 7.99. The van der Waals surface area contributed by atoms with E-state index in [4.69, 9.17) is 33.9 Å². The predicted molar refractivity (Wildman–Crippen MR) is 137 cm³/mol. The number of nitrogens with zero attached hydrogens (tertiary/aromatic N) is 6. The average Bonchev–Trinajstić information content (AvgIpc) is 3.47. The van der Waals surface area contributed by atoms with Crippen LogP contribution in [0.5, 0.6) is 0 Å². The van der Waals surface area contributed by atoms with Gasteiger partial charge in [0.25, 0.3) is 0 Å². The maximum absolute atomic E-state index is 9.98. The number of halogens is 2. The molecule has 1 aromatic carbocycles. The van der Waals surface area contributed by atoms with E-state index in [-0.39, 0.29) is 11.5 Å². The van der Waals surface area contributed by atoms with E-state index in [1.165, 1.54) is 17.3 Å². The van der Waals surface area contributed by atoms with Crippen molar-refractivity contribution in [2.24, 2.45) is 11.1 Å². The number of fused-ring (bicyclic) bond motifs is 2. The predicted octanol–water partition coefficient (Wildman–Crippen LogP) is 5.30. The van der Waals surface area contributed by atoms with Gasteiger partial charge in [0.05, 0.1) is 14.9 Å². The summed E-state index contributed by atoms with van der Waals surface area (Å²) in [6.07, 6.45) is 8.22. The van der Waals surface area contributed by atoms with Crippen molar-refractivity contribution in [1.82, 2.24) is 19.4 Å². The number of rotatable bonds is 3. The minimum atomic E-state index is -0.00883. The van der Waals surface area contributed by atoms with Gasteiger partial charge in [-0.05, 0) is 48.4 Å². The molecule has 6 rings (SSSR count). The Kier molecular flexibility index (Phi) is 5.61. The van der Waals surface area contributed by atoms with E-state index in [1.807, 2.05) is 35.0 Å². The third-order valence-electron chi connectivity index (χ3n) is 7.20. The van der Waals surface area contributed by atoms with E-state index in [2.05, 4.69) is 27.0 Å². The van der Waals surface area contributed by atoms with E-state index < -0.39 is 0 Å². The van der Waals surface area contributed by atoms with Crippen LogP contribution in [0.4, 0.5) is 5.95 Å². The molecule has 4 heterocycles. The summed E-state index contributed by atoms with van der Waals surface area (Å²) in [4.78, 5) is 17.5. The highest BCUT2D eigenvalue weighted by Gasteiger charge is 2.47. The van der Waals surface area contributed by atoms with E-state index in [1.54, 1.807) is 12.3 Å². The Hall–Kier alpha value is -2.83. The van der Waals surface area contributed by atoms with E-state index in [0.29, 0.717) is 32.2 Å². The standard InChI is InChI=1S/C25H21Cl2N7S/c26-16-4-1-5-19(20(16)27)35-21-18(14-28)32-24(34-12-9-31-23(21)34)33-10-6-25(7-11-33)13-17-15(22(25)29)3-2-8-30-17/h1-5,8-9,12,22H,6-7,10-11,13,29H2/t22-/m1/s1. The summed E-state index contributed by atoms with van der Waals surface area (Å²) < 4.78 is 1.95. The van der Waals surface area contributed by atoms with Gasteiger partial charge in [-0.15, -0.1) is 0 Å². The molecule has 2 N–H and O–H groups in total. The molecule has 176 valence electrons. The van der Waals surface area contributed by atoms with Gasteiger partial charge in [-0.25, -0.2) is 9.97 Å². The van der Waals surface area contributed by atoms with Gasteiger partial charge < -0.3 is 10.6 Å². The number of aromatic nitrogens is 4. The van der Waals surface area contributed by atoms with Crippen LogP contribution < -0.4 is 10.6 Å². The van der Waals surface area contributed by atoms with Crippen molar-refractivity contribution in [2.45, 2.75) is 35.1 Å². The molecule has 35 heavy (non-hydrogen) atoms. The normalized spacial score (nSPS) is 18.7. The van der Waals surface area contributed by atoms with Crippen molar-refractivity contribution in [3.8, 4) is 6.07 Å². The van der Waals surface area contributed by atoms with Crippen molar-refractivity contribution < 1.29 is 0 Å². The number of benzene rings is 1. The lowest BCUT2D eigenvalue weighted by Gasteiger charge is -2.42. The Morgan fingerprint density at radius 2 is 1.94 bits per heavy atom. The minimum absolute atomic E-state index is 0.00883. The Labute approximate surface area is 216 Å². The second-order valence-electron chi connectivity index (χ2n) is 9.02. The lowest BCUT2D eigenvalue weighted by molar-refractivity contribution is 0.186. The molecule has 1 saturated heterocycles. The largest absolute Gasteiger partial charge is 0.342 e. The Bertz CT molecular complexity index is 1490. The maximum Gasteiger partial charge on any atom is 0.212 e. The fraction of sp³-hybridized carbons (Fsp3) is 0.280. The molecule has 0 radical (unpaired) electrons. The molecular formula is C25H21Cl2N7S. The quantitative estimate of drug-likeness (QED) is 0.390. The molecule has 0 amide bonds. The molecule has 1 fully saturated rings. The first-order valence-corrected chi connectivity index (χ1v) is 12.9. The van der Waals surface area contributed by atoms with Crippen molar-refractivity contribution in [2.75, 3.05) is 18.0 Å². The summed E-state index contributed by atoms with van der Waals surface area (Å²) in [5.74, 6) is 0.715. The highest BCUT2D eigenvalue weighted by Crippen LogP contribution is 2.50. The van der Waals surface area contributed by atoms with Crippen LogP contribution in [0.25, 0.3) is 5.65 Å². The molecule has 4 aromatic rings. The van der Waals surface area contributed by atoms with Crippen molar-refractivity contribution in [3.05, 3.63) is 75.9 Å². The fourth-order valence-electron chi connectivity index (χ4n) is 5.30. The van der Waals surface area contributed by atoms with Crippen LogP contribution in [0.3, 0.4) is 0 Å². The number of anilines is 1. The van der Waals surface area contributed by atoms with Gasteiger partial charge in [-0.1, -0.05) is 47.1 Å². The number of imidazole rings is 1. The highest BCUT2D eigenvalue weighted by atomic mass is 35.5. The molecule has 2 aliphatic rings. The topological polar surface area (TPSA) is 96.1 Å². The van der Waals surface area contributed by atoms with Gasteiger partial charge in [-0.2, -0.15) is 5.26 Å². The SMILES string of the molecule is N#Cc1nc(N2CCC3(CC2)Cc2ncccc2[C@H]3N)n2ccnc2c1Sc1cccc(Cl)c1Cl. The lowest BCUT2D eigenvalue weighted by atomic mass is 9.73. The molecule has 1 aliphatic heterocycles.